The number of hydrogen-bond acceptors (Lipinski definition) is 4. The van der Waals surface area contributed by atoms with Gasteiger partial charge in [-0.2, -0.15) is 0 Å². The van der Waals surface area contributed by atoms with Crippen molar-refractivity contribution in [3.05, 3.63) is 45.7 Å². The number of nitrogens with one attached hydrogen (secondary N) is 1. The zero-order valence-corrected chi connectivity index (χ0v) is 13.6. The minimum atomic E-state index is -3.81. The summed E-state index contributed by atoms with van der Waals surface area (Å²) < 4.78 is 27.6. The number of nitrogen functional groups attached to an aromatic ring is 1. The number of halogens is 2. The van der Waals surface area contributed by atoms with Gasteiger partial charge >= 0.3 is 0 Å². The first kappa shape index (κ1) is 15.1. The van der Waals surface area contributed by atoms with E-state index in [4.69, 9.17) is 17.3 Å². The van der Waals surface area contributed by atoms with Crippen molar-refractivity contribution in [1.29, 1.82) is 0 Å². The first-order valence-electron chi connectivity index (χ1n) is 5.50. The quantitative estimate of drug-likeness (QED) is 0.636. The Morgan fingerprint density at radius 1 is 1.35 bits per heavy atom. The van der Waals surface area contributed by atoms with E-state index in [1.54, 1.807) is 25.1 Å². The predicted molar refractivity (Wildman–Crippen MR) is 83.3 cm³/mol. The van der Waals surface area contributed by atoms with Gasteiger partial charge in [-0.15, -0.1) is 0 Å². The summed E-state index contributed by atoms with van der Waals surface area (Å²) in [5, 5.41) is 0.0913. The summed E-state index contributed by atoms with van der Waals surface area (Å²) >= 11 is 9.11. The standard InChI is InChI=1S/C12H11BrClN3O2S/c1-7-4-5-16-12(14)11(7)17-20(18,19)10-6-8(15)2-3-9(10)13/h2-6,17H,15H2,1H3. The molecular weight excluding hydrogens is 366 g/mol. The summed E-state index contributed by atoms with van der Waals surface area (Å²) in [6.07, 6.45) is 1.51. The summed E-state index contributed by atoms with van der Waals surface area (Å²) in [6, 6.07) is 6.21. The van der Waals surface area contributed by atoms with Gasteiger partial charge in [0.05, 0.1) is 5.69 Å². The fourth-order valence-corrected chi connectivity index (χ4v) is 4.01. The minimum Gasteiger partial charge on any atom is -0.399 e. The third kappa shape index (κ3) is 3.05. The molecule has 0 atom stereocenters. The first-order chi connectivity index (χ1) is 9.31. The van der Waals surface area contributed by atoms with Crippen molar-refractivity contribution in [3.63, 3.8) is 0 Å². The Bertz CT molecular complexity index is 745. The highest BCUT2D eigenvalue weighted by Gasteiger charge is 2.20. The summed E-state index contributed by atoms with van der Waals surface area (Å²) in [4.78, 5) is 3.90. The smallest absolute Gasteiger partial charge is 0.263 e. The van der Waals surface area contributed by atoms with Crippen LogP contribution in [0.25, 0.3) is 0 Å². The third-order valence-electron chi connectivity index (χ3n) is 2.59. The molecule has 106 valence electrons. The molecule has 1 aromatic heterocycles. The Morgan fingerprint density at radius 3 is 2.70 bits per heavy atom. The van der Waals surface area contributed by atoms with E-state index >= 15 is 0 Å². The molecule has 0 saturated heterocycles. The van der Waals surface area contributed by atoms with Gasteiger partial charge in [0, 0.05) is 16.4 Å². The zero-order chi connectivity index (χ0) is 14.9. The van der Waals surface area contributed by atoms with Crippen LogP contribution in [0.15, 0.2) is 39.8 Å². The third-order valence-corrected chi connectivity index (χ3v) is 5.22. The summed E-state index contributed by atoms with van der Waals surface area (Å²) in [6.45, 7) is 1.74. The Labute approximate surface area is 130 Å². The summed E-state index contributed by atoms with van der Waals surface area (Å²) in [5.74, 6) is 0. The van der Waals surface area contributed by atoms with Crippen LogP contribution >= 0.6 is 27.5 Å². The number of hydrogen-bond donors (Lipinski definition) is 2. The van der Waals surface area contributed by atoms with Gasteiger partial charge in [0.15, 0.2) is 5.15 Å². The van der Waals surface area contributed by atoms with E-state index in [0.717, 1.165) is 0 Å². The average Bonchev–Trinajstić information content (AvgIpc) is 2.37. The molecule has 0 fully saturated rings. The number of aromatic nitrogens is 1. The Balaban J connectivity index is 2.49. The Hall–Kier alpha value is -1.31. The molecule has 5 nitrogen and oxygen atoms in total. The van der Waals surface area contributed by atoms with E-state index in [1.165, 1.54) is 12.3 Å². The van der Waals surface area contributed by atoms with Gasteiger partial charge in [0.1, 0.15) is 4.90 Å². The summed E-state index contributed by atoms with van der Waals surface area (Å²) in [7, 11) is -3.81. The number of rotatable bonds is 3. The Kier molecular flexibility index (Phi) is 4.22. The number of anilines is 2. The van der Waals surface area contributed by atoms with Gasteiger partial charge in [-0.25, -0.2) is 13.4 Å². The van der Waals surface area contributed by atoms with Crippen LogP contribution in [0.1, 0.15) is 5.56 Å². The van der Waals surface area contributed by atoms with Gasteiger partial charge in [0.25, 0.3) is 10.0 Å². The van der Waals surface area contributed by atoms with Crippen LogP contribution in [0.2, 0.25) is 5.15 Å². The van der Waals surface area contributed by atoms with E-state index in [2.05, 4.69) is 25.6 Å². The van der Waals surface area contributed by atoms with Crippen LogP contribution in [0, 0.1) is 6.92 Å². The van der Waals surface area contributed by atoms with Crippen LogP contribution in [-0.2, 0) is 10.0 Å². The molecule has 0 aliphatic carbocycles. The molecule has 2 rings (SSSR count). The monoisotopic (exact) mass is 375 g/mol. The van der Waals surface area contributed by atoms with Crippen molar-refractivity contribution >= 4 is 48.9 Å². The molecular formula is C12H11BrClN3O2S. The molecule has 0 spiro atoms. The van der Waals surface area contributed by atoms with Crippen molar-refractivity contribution in [2.45, 2.75) is 11.8 Å². The van der Waals surface area contributed by atoms with Gasteiger partial charge in [-0.3, -0.25) is 4.72 Å². The zero-order valence-electron chi connectivity index (χ0n) is 10.4. The van der Waals surface area contributed by atoms with Crippen molar-refractivity contribution < 1.29 is 8.42 Å². The van der Waals surface area contributed by atoms with E-state index in [-0.39, 0.29) is 15.7 Å². The predicted octanol–water partition coefficient (Wildman–Crippen LogP) is 3.19. The molecule has 20 heavy (non-hydrogen) atoms. The maximum Gasteiger partial charge on any atom is 0.263 e. The minimum absolute atomic E-state index is 0.0387. The van der Waals surface area contributed by atoms with Crippen LogP contribution in [-0.4, -0.2) is 13.4 Å². The van der Waals surface area contributed by atoms with Crippen molar-refractivity contribution in [1.82, 2.24) is 4.98 Å². The van der Waals surface area contributed by atoms with Crippen LogP contribution in [0.3, 0.4) is 0 Å². The molecule has 8 heteroatoms. The lowest BCUT2D eigenvalue weighted by Gasteiger charge is -2.12. The number of pyridine rings is 1. The van der Waals surface area contributed by atoms with E-state index in [9.17, 15) is 8.42 Å². The number of nitrogens with two attached hydrogens (primary N) is 1. The number of nitrogens with zero attached hydrogens (tertiary/aromatic N) is 1. The maximum atomic E-state index is 12.4. The lowest BCUT2D eigenvalue weighted by Crippen LogP contribution is -2.15. The molecule has 0 bridgehead atoms. The number of benzene rings is 1. The van der Waals surface area contributed by atoms with Crippen molar-refractivity contribution in [2.75, 3.05) is 10.5 Å². The average molecular weight is 377 g/mol. The second kappa shape index (κ2) is 5.59. The van der Waals surface area contributed by atoms with Crippen molar-refractivity contribution in [2.24, 2.45) is 0 Å². The molecule has 0 radical (unpaired) electrons. The highest BCUT2D eigenvalue weighted by molar-refractivity contribution is 9.10. The topological polar surface area (TPSA) is 85.1 Å². The molecule has 0 aliphatic rings. The lowest BCUT2D eigenvalue weighted by atomic mass is 10.3. The van der Waals surface area contributed by atoms with Crippen molar-refractivity contribution in [3.8, 4) is 0 Å². The molecule has 1 aromatic carbocycles. The second-order valence-electron chi connectivity index (χ2n) is 4.09. The molecule has 0 saturated carbocycles. The van der Waals surface area contributed by atoms with Gasteiger partial charge in [-0.1, -0.05) is 11.6 Å². The van der Waals surface area contributed by atoms with Crippen LogP contribution in [0.5, 0.6) is 0 Å². The molecule has 0 aliphatic heterocycles. The molecule has 3 N–H and O–H groups in total. The molecule has 0 unspecified atom stereocenters. The van der Waals surface area contributed by atoms with Gasteiger partial charge in [-0.05, 0) is 52.7 Å². The molecule has 2 aromatic rings. The fourth-order valence-electron chi connectivity index (χ4n) is 1.56. The lowest BCUT2D eigenvalue weighted by molar-refractivity contribution is 0.600. The van der Waals surface area contributed by atoms with E-state index in [0.29, 0.717) is 15.7 Å². The Morgan fingerprint density at radius 2 is 2.05 bits per heavy atom. The normalized spacial score (nSPS) is 11.3. The van der Waals surface area contributed by atoms with Gasteiger partial charge in [0.2, 0.25) is 0 Å². The van der Waals surface area contributed by atoms with Crippen LogP contribution < -0.4 is 10.5 Å². The van der Waals surface area contributed by atoms with E-state index in [1.807, 2.05) is 0 Å². The van der Waals surface area contributed by atoms with E-state index < -0.39 is 10.0 Å². The maximum absolute atomic E-state index is 12.4. The highest BCUT2D eigenvalue weighted by atomic mass is 79.9. The highest BCUT2D eigenvalue weighted by Crippen LogP contribution is 2.29. The largest absolute Gasteiger partial charge is 0.399 e. The molecule has 1 heterocycles. The fraction of sp³-hybridized carbons (Fsp3) is 0.0833. The SMILES string of the molecule is Cc1ccnc(Cl)c1NS(=O)(=O)c1cc(N)ccc1Br. The second-order valence-corrected chi connectivity index (χ2v) is 6.95. The van der Waals surface area contributed by atoms with Crippen LogP contribution in [0.4, 0.5) is 11.4 Å². The summed E-state index contributed by atoms with van der Waals surface area (Å²) in [5.41, 5.74) is 6.90. The molecule has 0 amide bonds. The number of sulfonamides is 1. The first-order valence-corrected chi connectivity index (χ1v) is 8.15. The van der Waals surface area contributed by atoms with Gasteiger partial charge < -0.3 is 5.73 Å². The number of aryl methyl sites for hydroxylation is 1.